The molecule has 6 nitrogen and oxygen atoms in total. The molecule has 2 aliphatic rings. The molecule has 30 heavy (non-hydrogen) atoms. The topological polar surface area (TPSA) is 62.0 Å². The predicted octanol–water partition coefficient (Wildman–Crippen LogP) is 3.45. The second-order valence-electron chi connectivity index (χ2n) is 8.02. The number of hydrogen-bond acceptors (Lipinski definition) is 5. The minimum atomic E-state index is 0.162. The first-order valence-corrected chi connectivity index (χ1v) is 11.6. The summed E-state index contributed by atoms with van der Waals surface area (Å²) in [6.45, 7) is 7.00. The van der Waals surface area contributed by atoms with E-state index in [9.17, 15) is 0 Å². The van der Waals surface area contributed by atoms with E-state index in [1.807, 2.05) is 31.8 Å². The van der Waals surface area contributed by atoms with Crippen LogP contribution in [0.3, 0.4) is 0 Å². The number of furan rings is 1. The second kappa shape index (κ2) is 9.90. The minimum Gasteiger partial charge on any atom is -0.465 e. The van der Waals surface area contributed by atoms with Gasteiger partial charge in [0.05, 0.1) is 19.3 Å². The van der Waals surface area contributed by atoms with Gasteiger partial charge in [0.1, 0.15) is 11.5 Å². The number of rotatable bonds is 8. The van der Waals surface area contributed by atoms with Gasteiger partial charge in [-0.3, -0.25) is 9.89 Å². The van der Waals surface area contributed by atoms with E-state index in [-0.39, 0.29) is 10.8 Å². The van der Waals surface area contributed by atoms with Crippen LogP contribution in [0, 0.1) is 6.92 Å². The Morgan fingerprint density at radius 3 is 2.53 bits per heavy atom. The highest BCUT2D eigenvalue weighted by molar-refractivity contribution is 8.01. The molecule has 4 rings (SSSR count). The van der Waals surface area contributed by atoms with Crippen molar-refractivity contribution in [2.75, 3.05) is 46.4 Å². The van der Waals surface area contributed by atoms with Crippen LogP contribution in [-0.2, 0) is 4.74 Å². The van der Waals surface area contributed by atoms with Crippen LogP contribution in [0.4, 0.5) is 0 Å². The van der Waals surface area contributed by atoms with Gasteiger partial charge in [-0.2, -0.15) is 0 Å². The molecular formula is C23H32N4O2S. The summed E-state index contributed by atoms with van der Waals surface area (Å²) in [6, 6.07) is 14.9. The zero-order chi connectivity index (χ0) is 20.8. The Kier molecular flexibility index (Phi) is 7.02. The van der Waals surface area contributed by atoms with Crippen LogP contribution < -0.4 is 10.6 Å². The molecule has 1 atom stereocenters. The fraction of sp³-hybridized carbons (Fsp3) is 0.522. The number of hydrogen-bond donors (Lipinski definition) is 2. The van der Waals surface area contributed by atoms with Crippen molar-refractivity contribution in [2.24, 2.45) is 4.99 Å². The normalized spacial score (nSPS) is 20.0. The lowest BCUT2D eigenvalue weighted by Crippen LogP contribution is -2.47. The molecule has 1 aliphatic carbocycles. The number of nitrogens with one attached hydrogen (secondary N) is 2. The molecule has 2 N–H and O–H groups in total. The molecule has 0 amide bonds. The van der Waals surface area contributed by atoms with E-state index in [1.165, 1.54) is 17.7 Å². The molecular weight excluding hydrogens is 396 g/mol. The first kappa shape index (κ1) is 21.3. The minimum absolute atomic E-state index is 0.162. The number of guanidine groups is 1. The van der Waals surface area contributed by atoms with Gasteiger partial charge in [0.15, 0.2) is 5.96 Å². The third-order valence-electron chi connectivity index (χ3n) is 5.73. The van der Waals surface area contributed by atoms with Gasteiger partial charge in [0.25, 0.3) is 0 Å². The van der Waals surface area contributed by atoms with Gasteiger partial charge in [0.2, 0.25) is 0 Å². The summed E-state index contributed by atoms with van der Waals surface area (Å²) in [5, 5.41) is 7.08. The first-order chi connectivity index (χ1) is 14.7. The van der Waals surface area contributed by atoms with Crippen molar-refractivity contribution in [3.05, 3.63) is 54.0 Å². The van der Waals surface area contributed by atoms with Crippen molar-refractivity contribution in [3.8, 4) is 0 Å². The first-order valence-electron chi connectivity index (χ1n) is 10.7. The maximum atomic E-state index is 5.97. The molecule has 0 bridgehead atoms. The molecule has 2 fully saturated rings. The molecule has 1 aromatic heterocycles. The number of benzene rings is 1. The van der Waals surface area contributed by atoms with E-state index in [0.29, 0.717) is 0 Å². The lowest BCUT2D eigenvalue weighted by atomic mass is 10.1. The van der Waals surface area contributed by atoms with Gasteiger partial charge in [-0.05, 0) is 44.0 Å². The molecule has 1 aromatic carbocycles. The quantitative estimate of drug-likeness (QED) is 0.496. The number of thioether (sulfide) groups is 1. The number of ether oxygens (including phenoxy) is 1. The standard InChI is InChI=1S/C23H32N4O2S/c1-18-8-9-21(29-18)20(27-12-14-28-15-13-27)16-25-22(24-2)26-17-23(10-11-23)30-19-6-4-3-5-7-19/h3-9,20H,10-17H2,1-2H3,(H2,24,25,26). The number of morpholine rings is 1. The van der Waals surface area contributed by atoms with Gasteiger partial charge >= 0.3 is 0 Å². The smallest absolute Gasteiger partial charge is 0.191 e. The summed E-state index contributed by atoms with van der Waals surface area (Å²) in [7, 11) is 1.83. The van der Waals surface area contributed by atoms with Gasteiger partial charge in [0, 0.05) is 42.9 Å². The molecule has 7 heteroatoms. The fourth-order valence-corrected chi connectivity index (χ4v) is 5.03. The third-order valence-corrected chi connectivity index (χ3v) is 7.22. The molecule has 2 aromatic rings. The number of aliphatic imine (C=N–C) groups is 1. The molecule has 1 saturated carbocycles. The molecule has 1 saturated heterocycles. The fourth-order valence-electron chi connectivity index (χ4n) is 3.78. The van der Waals surface area contributed by atoms with Gasteiger partial charge in [-0.1, -0.05) is 18.2 Å². The molecule has 1 aliphatic heterocycles. The second-order valence-corrected chi connectivity index (χ2v) is 9.56. The van der Waals surface area contributed by atoms with Gasteiger partial charge in [-0.15, -0.1) is 11.8 Å². The summed E-state index contributed by atoms with van der Waals surface area (Å²) >= 11 is 1.97. The lowest BCUT2D eigenvalue weighted by molar-refractivity contribution is 0.0124. The largest absolute Gasteiger partial charge is 0.465 e. The highest BCUT2D eigenvalue weighted by Gasteiger charge is 2.43. The van der Waals surface area contributed by atoms with Crippen LogP contribution in [0.2, 0.25) is 0 Å². The Balaban J connectivity index is 1.33. The van der Waals surface area contributed by atoms with E-state index in [2.05, 4.69) is 56.9 Å². The number of nitrogens with zero attached hydrogens (tertiary/aromatic N) is 2. The highest BCUT2D eigenvalue weighted by Crippen LogP contribution is 2.51. The lowest BCUT2D eigenvalue weighted by Gasteiger charge is -2.33. The summed E-state index contributed by atoms with van der Waals surface area (Å²) in [6.07, 6.45) is 2.47. The summed E-state index contributed by atoms with van der Waals surface area (Å²) < 4.78 is 11.8. The van der Waals surface area contributed by atoms with Crippen molar-refractivity contribution in [3.63, 3.8) is 0 Å². The van der Waals surface area contributed by atoms with E-state index in [1.54, 1.807) is 0 Å². The summed E-state index contributed by atoms with van der Waals surface area (Å²) in [5.41, 5.74) is 0. The monoisotopic (exact) mass is 428 g/mol. The maximum Gasteiger partial charge on any atom is 0.191 e. The zero-order valence-corrected chi connectivity index (χ0v) is 18.7. The Morgan fingerprint density at radius 1 is 1.13 bits per heavy atom. The van der Waals surface area contributed by atoms with Crippen LogP contribution in [-0.4, -0.2) is 62.0 Å². The SMILES string of the molecule is CN=C(NCC(c1ccc(C)o1)N1CCOCC1)NCC1(Sc2ccccc2)CC1. The average Bonchev–Trinajstić information content (AvgIpc) is 3.41. The predicted molar refractivity (Wildman–Crippen MR) is 122 cm³/mol. The maximum absolute atomic E-state index is 5.97. The third kappa shape index (κ3) is 5.59. The van der Waals surface area contributed by atoms with Crippen molar-refractivity contribution in [1.29, 1.82) is 0 Å². The van der Waals surface area contributed by atoms with Gasteiger partial charge in [-0.25, -0.2) is 0 Å². The van der Waals surface area contributed by atoms with Crippen molar-refractivity contribution in [2.45, 2.75) is 35.4 Å². The van der Waals surface area contributed by atoms with E-state index in [0.717, 1.165) is 56.9 Å². The molecule has 162 valence electrons. The Labute approximate surface area is 183 Å². The van der Waals surface area contributed by atoms with Crippen molar-refractivity contribution >= 4 is 17.7 Å². The highest BCUT2D eigenvalue weighted by atomic mass is 32.2. The van der Waals surface area contributed by atoms with Crippen LogP contribution in [0.15, 0.2) is 56.8 Å². The van der Waals surface area contributed by atoms with E-state index < -0.39 is 0 Å². The van der Waals surface area contributed by atoms with Gasteiger partial charge < -0.3 is 19.8 Å². The zero-order valence-electron chi connectivity index (χ0n) is 17.9. The van der Waals surface area contributed by atoms with E-state index >= 15 is 0 Å². The van der Waals surface area contributed by atoms with Crippen molar-refractivity contribution < 1.29 is 9.15 Å². The Bertz CT molecular complexity index is 829. The average molecular weight is 429 g/mol. The Morgan fingerprint density at radius 2 is 1.90 bits per heavy atom. The number of aryl methyl sites for hydroxylation is 1. The molecule has 2 heterocycles. The van der Waals surface area contributed by atoms with Crippen LogP contribution in [0.1, 0.15) is 30.4 Å². The molecule has 0 radical (unpaired) electrons. The summed E-state index contributed by atoms with van der Waals surface area (Å²) in [4.78, 5) is 8.21. The summed E-state index contributed by atoms with van der Waals surface area (Å²) in [5.74, 6) is 2.78. The molecule has 0 spiro atoms. The Hall–Kier alpha value is -1.96. The van der Waals surface area contributed by atoms with Crippen LogP contribution >= 0.6 is 11.8 Å². The molecule has 1 unspecified atom stereocenters. The van der Waals surface area contributed by atoms with E-state index in [4.69, 9.17) is 9.15 Å². The van der Waals surface area contributed by atoms with Crippen molar-refractivity contribution in [1.82, 2.24) is 15.5 Å². The van der Waals surface area contributed by atoms with Crippen LogP contribution in [0.5, 0.6) is 0 Å². The van der Waals surface area contributed by atoms with Crippen LogP contribution in [0.25, 0.3) is 0 Å².